The molecule has 122 valence electrons. The number of hydrogen-bond donors (Lipinski definition) is 1. The van der Waals surface area contributed by atoms with E-state index < -0.39 is 0 Å². The van der Waals surface area contributed by atoms with E-state index in [1.54, 1.807) is 17.4 Å². The second-order valence-electron chi connectivity index (χ2n) is 5.66. The van der Waals surface area contributed by atoms with Crippen LogP contribution in [-0.4, -0.2) is 17.4 Å². The van der Waals surface area contributed by atoms with E-state index in [1.165, 1.54) is 6.08 Å². The maximum atomic E-state index is 11.8. The smallest absolute Gasteiger partial charge is 0.244 e. The first kappa shape index (κ1) is 17.2. The minimum atomic E-state index is -0.0939. The highest BCUT2D eigenvalue weighted by atomic mass is 32.1. The van der Waals surface area contributed by atoms with Gasteiger partial charge in [0.2, 0.25) is 5.91 Å². The molecule has 2 aromatic rings. The third-order valence-electron chi connectivity index (χ3n) is 3.06. The molecule has 2 rings (SSSR count). The van der Waals surface area contributed by atoms with Crippen LogP contribution in [0.2, 0.25) is 0 Å². The molecule has 0 aliphatic carbocycles. The maximum Gasteiger partial charge on any atom is 0.244 e. The van der Waals surface area contributed by atoms with E-state index in [1.807, 2.05) is 36.6 Å². The summed E-state index contributed by atoms with van der Waals surface area (Å²) in [7, 11) is 0. The summed E-state index contributed by atoms with van der Waals surface area (Å²) in [5.74, 6) is 1.08. The molecule has 1 amide bonds. The van der Waals surface area contributed by atoms with Gasteiger partial charge >= 0.3 is 0 Å². The monoisotopic (exact) mass is 330 g/mol. The molecule has 0 spiro atoms. The average Bonchev–Trinajstić information content (AvgIpc) is 2.95. The van der Waals surface area contributed by atoms with Crippen molar-refractivity contribution in [1.82, 2.24) is 10.3 Å². The molecule has 0 fully saturated rings. The van der Waals surface area contributed by atoms with Crippen molar-refractivity contribution in [2.24, 2.45) is 5.92 Å². The van der Waals surface area contributed by atoms with Gasteiger partial charge < -0.3 is 10.1 Å². The van der Waals surface area contributed by atoms with Gasteiger partial charge in [-0.05, 0) is 25.0 Å². The Bertz CT molecular complexity index is 677. The van der Waals surface area contributed by atoms with Crippen LogP contribution >= 0.6 is 11.3 Å². The fourth-order valence-corrected chi connectivity index (χ4v) is 2.50. The van der Waals surface area contributed by atoms with Crippen LogP contribution in [0.1, 0.15) is 30.1 Å². The van der Waals surface area contributed by atoms with Gasteiger partial charge in [0.25, 0.3) is 0 Å². The summed E-state index contributed by atoms with van der Waals surface area (Å²) in [6, 6.07) is 7.65. The summed E-state index contributed by atoms with van der Waals surface area (Å²) in [6.45, 7) is 7.19. The summed E-state index contributed by atoms with van der Waals surface area (Å²) in [5, 5.41) is 5.88. The fraction of sp³-hybridized carbons (Fsp3) is 0.333. The van der Waals surface area contributed by atoms with Crippen molar-refractivity contribution in [3.05, 3.63) is 52.0 Å². The van der Waals surface area contributed by atoms with Gasteiger partial charge in [-0.1, -0.05) is 32.0 Å². The number of rotatable bonds is 7. The standard InChI is InChI=1S/C18H22N2O2S/c1-13(2)10-19-18(21)9-8-15-6-4-5-7-17(15)22-11-16-12-23-14(3)20-16/h4-9,12-13H,10-11H2,1-3H3,(H,19,21)/b9-8+. The summed E-state index contributed by atoms with van der Waals surface area (Å²) < 4.78 is 5.83. The molecular weight excluding hydrogens is 308 g/mol. The molecule has 1 aromatic heterocycles. The predicted molar refractivity (Wildman–Crippen MR) is 94.5 cm³/mol. The van der Waals surface area contributed by atoms with E-state index in [-0.39, 0.29) is 5.91 Å². The highest BCUT2D eigenvalue weighted by Gasteiger charge is 2.04. The lowest BCUT2D eigenvalue weighted by Crippen LogP contribution is -2.25. The zero-order chi connectivity index (χ0) is 16.7. The zero-order valence-electron chi connectivity index (χ0n) is 13.7. The van der Waals surface area contributed by atoms with Crippen LogP contribution in [0.15, 0.2) is 35.7 Å². The van der Waals surface area contributed by atoms with Crippen molar-refractivity contribution in [1.29, 1.82) is 0 Å². The summed E-state index contributed by atoms with van der Waals surface area (Å²) in [5.41, 5.74) is 1.79. The second kappa shape index (κ2) is 8.48. The average molecular weight is 330 g/mol. The number of amides is 1. The Labute approximate surface area is 141 Å². The number of hydrogen-bond acceptors (Lipinski definition) is 4. The summed E-state index contributed by atoms with van der Waals surface area (Å²) in [6.07, 6.45) is 3.31. The van der Waals surface area contributed by atoms with Crippen LogP contribution in [0.4, 0.5) is 0 Å². The van der Waals surface area contributed by atoms with Crippen molar-refractivity contribution < 1.29 is 9.53 Å². The number of nitrogens with zero attached hydrogens (tertiary/aromatic N) is 1. The molecule has 1 aromatic carbocycles. The molecule has 4 nitrogen and oxygen atoms in total. The first-order valence-corrected chi connectivity index (χ1v) is 8.51. The Kier molecular flexibility index (Phi) is 6.35. The van der Waals surface area contributed by atoms with Crippen LogP contribution < -0.4 is 10.1 Å². The number of carbonyl (C=O) groups is 1. The minimum Gasteiger partial charge on any atom is -0.487 e. The quantitative estimate of drug-likeness (QED) is 0.785. The molecule has 0 bridgehead atoms. The van der Waals surface area contributed by atoms with Gasteiger partial charge in [-0.2, -0.15) is 0 Å². The number of aromatic nitrogens is 1. The number of thiazole rings is 1. The van der Waals surface area contributed by atoms with Crippen molar-refractivity contribution >= 4 is 23.3 Å². The largest absolute Gasteiger partial charge is 0.487 e. The molecule has 1 heterocycles. The Morgan fingerprint density at radius 2 is 2.17 bits per heavy atom. The van der Waals surface area contributed by atoms with Gasteiger partial charge in [-0.15, -0.1) is 11.3 Å². The van der Waals surface area contributed by atoms with E-state index >= 15 is 0 Å². The number of carbonyl (C=O) groups excluding carboxylic acids is 1. The lowest BCUT2D eigenvalue weighted by atomic mass is 10.2. The van der Waals surface area contributed by atoms with Crippen molar-refractivity contribution in [3.63, 3.8) is 0 Å². The molecule has 0 radical (unpaired) electrons. The lowest BCUT2D eigenvalue weighted by Gasteiger charge is -2.08. The van der Waals surface area contributed by atoms with Crippen LogP contribution in [0.3, 0.4) is 0 Å². The molecule has 0 aliphatic rings. The van der Waals surface area contributed by atoms with Crippen LogP contribution in [0.5, 0.6) is 5.75 Å². The van der Waals surface area contributed by atoms with E-state index in [0.29, 0.717) is 19.1 Å². The van der Waals surface area contributed by atoms with Gasteiger partial charge in [-0.25, -0.2) is 4.98 Å². The first-order chi connectivity index (χ1) is 11.0. The van der Waals surface area contributed by atoms with Crippen molar-refractivity contribution in [2.75, 3.05) is 6.54 Å². The van der Waals surface area contributed by atoms with Crippen LogP contribution in [0, 0.1) is 12.8 Å². The molecule has 0 saturated heterocycles. The van der Waals surface area contributed by atoms with Gasteiger partial charge in [0.05, 0.1) is 10.7 Å². The van der Waals surface area contributed by atoms with Crippen LogP contribution in [0.25, 0.3) is 6.08 Å². The van der Waals surface area contributed by atoms with E-state index in [4.69, 9.17) is 4.74 Å². The highest BCUT2D eigenvalue weighted by molar-refractivity contribution is 7.09. The minimum absolute atomic E-state index is 0.0939. The summed E-state index contributed by atoms with van der Waals surface area (Å²) >= 11 is 1.61. The normalized spacial score (nSPS) is 11.1. The molecule has 0 saturated carbocycles. The number of para-hydroxylation sites is 1. The Hall–Kier alpha value is -2.14. The van der Waals surface area contributed by atoms with Crippen LogP contribution in [-0.2, 0) is 11.4 Å². The Morgan fingerprint density at radius 3 is 2.87 bits per heavy atom. The number of ether oxygens (including phenoxy) is 1. The van der Waals surface area contributed by atoms with Gasteiger partial charge in [0.15, 0.2) is 0 Å². The van der Waals surface area contributed by atoms with Gasteiger partial charge in [0.1, 0.15) is 12.4 Å². The fourth-order valence-electron chi connectivity index (χ4n) is 1.91. The lowest BCUT2D eigenvalue weighted by molar-refractivity contribution is -0.116. The van der Waals surface area contributed by atoms with Gasteiger partial charge in [-0.3, -0.25) is 4.79 Å². The SMILES string of the molecule is Cc1nc(COc2ccccc2/C=C/C(=O)NCC(C)C)cs1. The Balaban J connectivity index is 1.98. The van der Waals surface area contributed by atoms with Crippen molar-refractivity contribution in [2.45, 2.75) is 27.4 Å². The maximum absolute atomic E-state index is 11.8. The third-order valence-corrected chi connectivity index (χ3v) is 3.88. The zero-order valence-corrected chi connectivity index (χ0v) is 14.5. The Morgan fingerprint density at radius 1 is 1.39 bits per heavy atom. The number of nitrogens with one attached hydrogen (secondary N) is 1. The topological polar surface area (TPSA) is 51.2 Å². The highest BCUT2D eigenvalue weighted by Crippen LogP contribution is 2.21. The number of benzene rings is 1. The molecule has 0 aliphatic heterocycles. The molecular formula is C18H22N2O2S. The molecule has 0 unspecified atom stereocenters. The molecule has 23 heavy (non-hydrogen) atoms. The molecule has 1 N–H and O–H groups in total. The van der Waals surface area contributed by atoms with Crippen molar-refractivity contribution in [3.8, 4) is 5.75 Å². The molecule has 5 heteroatoms. The number of aryl methyl sites for hydroxylation is 1. The third kappa shape index (κ3) is 5.87. The van der Waals surface area contributed by atoms with Gasteiger partial charge in [0, 0.05) is 23.6 Å². The van der Waals surface area contributed by atoms with E-state index in [0.717, 1.165) is 22.0 Å². The predicted octanol–water partition coefficient (Wildman–Crippen LogP) is 3.82. The van der Waals surface area contributed by atoms with E-state index in [2.05, 4.69) is 24.1 Å². The van der Waals surface area contributed by atoms with E-state index in [9.17, 15) is 4.79 Å². The second-order valence-corrected chi connectivity index (χ2v) is 6.72. The summed E-state index contributed by atoms with van der Waals surface area (Å²) in [4.78, 5) is 16.1. The molecule has 0 atom stereocenters. The first-order valence-electron chi connectivity index (χ1n) is 7.63.